The minimum atomic E-state index is -0.110. The van der Waals surface area contributed by atoms with Gasteiger partial charge in [-0.05, 0) is 0 Å². The molecule has 0 saturated carbocycles. The zero-order valence-corrected chi connectivity index (χ0v) is 5.82. The van der Waals surface area contributed by atoms with E-state index >= 15 is 0 Å². The monoisotopic (exact) mass is 149 g/mol. The Morgan fingerprint density at radius 2 is 2.64 bits per heavy atom. The first-order valence-electron chi connectivity index (χ1n) is 3.41. The van der Waals surface area contributed by atoms with E-state index in [9.17, 15) is 4.79 Å². The SMILES string of the molecule is O=CC1Cc2cncnc2N1. The summed E-state index contributed by atoms with van der Waals surface area (Å²) in [5.74, 6) is 0.789. The molecule has 2 rings (SSSR count). The Kier molecular flexibility index (Phi) is 1.31. The van der Waals surface area contributed by atoms with Gasteiger partial charge in [-0.2, -0.15) is 0 Å². The third kappa shape index (κ3) is 0.960. The topological polar surface area (TPSA) is 54.9 Å². The van der Waals surface area contributed by atoms with Gasteiger partial charge in [-0.1, -0.05) is 0 Å². The summed E-state index contributed by atoms with van der Waals surface area (Å²) in [6.45, 7) is 0. The molecular weight excluding hydrogens is 142 g/mol. The van der Waals surface area contributed by atoms with Crippen molar-refractivity contribution in [3.63, 3.8) is 0 Å². The fourth-order valence-electron chi connectivity index (χ4n) is 1.18. The van der Waals surface area contributed by atoms with Crippen LogP contribution in [0.5, 0.6) is 0 Å². The zero-order chi connectivity index (χ0) is 7.68. The van der Waals surface area contributed by atoms with Crippen molar-refractivity contribution in [1.29, 1.82) is 0 Å². The van der Waals surface area contributed by atoms with Crippen LogP contribution in [0, 0.1) is 0 Å². The molecule has 4 nitrogen and oxygen atoms in total. The van der Waals surface area contributed by atoms with Crippen LogP contribution in [0.1, 0.15) is 5.56 Å². The molecule has 2 heterocycles. The normalized spacial score (nSPS) is 20.5. The molecule has 0 bridgehead atoms. The van der Waals surface area contributed by atoms with Crippen molar-refractivity contribution in [3.05, 3.63) is 18.1 Å². The van der Waals surface area contributed by atoms with E-state index in [2.05, 4.69) is 15.3 Å². The maximum absolute atomic E-state index is 10.4. The van der Waals surface area contributed by atoms with Crippen LogP contribution < -0.4 is 5.32 Å². The highest BCUT2D eigenvalue weighted by atomic mass is 16.1. The largest absolute Gasteiger partial charge is 0.360 e. The predicted octanol–water partition coefficient (Wildman–Crippen LogP) is 0.0121. The van der Waals surface area contributed by atoms with Gasteiger partial charge in [-0.25, -0.2) is 9.97 Å². The molecule has 0 fully saturated rings. The summed E-state index contributed by atoms with van der Waals surface area (Å²) < 4.78 is 0. The van der Waals surface area contributed by atoms with Crippen LogP contribution in [0.4, 0.5) is 5.82 Å². The maximum Gasteiger partial charge on any atom is 0.142 e. The van der Waals surface area contributed by atoms with Crippen LogP contribution >= 0.6 is 0 Å². The molecule has 1 atom stereocenters. The Labute approximate surface area is 63.7 Å². The quantitative estimate of drug-likeness (QED) is 0.571. The molecule has 56 valence electrons. The van der Waals surface area contributed by atoms with Crippen molar-refractivity contribution in [1.82, 2.24) is 9.97 Å². The van der Waals surface area contributed by atoms with Crippen LogP contribution in [-0.4, -0.2) is 22.3 Å². The summed E-state index contributed by atoms with van der Waals surface area (Å²) in [6.07, 6.45) is 4.80. The molecule has 0 spiro atoms. The predicted molar refractivity (Wildman–Crippen MR) is 39.2 cm³/mol. The molecule has 4 heteroatoms. The van der Waals surface area contributed by atoms with E-state index in [0.717, 1.165) is 17.7 Å². The molecule has 1 aromatic rings. The number of hydrogen-bond donors (Lipinski definition) is 1. The van der Waals surface area contributed by atoms with Gasteiger partial charge in [-0.3, -0.25) is 0 Å². The lowest BCUT2D eigenvalue weighted by Crippen LogP contribution is -2.16. The number of aldehydes is 1. The molecule has 0 saturated heterocycles. The number of nitrogens with zero attached hydrogens (tertiary/aromatic N) is 2. The first kappa shape index (κ1) is 6.27. The highest BCUT2D eigenvalue weighted by molar-refractivity contribution is 5.69. The van der Waals surface area contributed by atoms with Crippen LogP contribution in [0.2, 0.25) is 0 Å². The summed E-state index contributed by atoms with van der Waals surface area (Å²) in [7, 11) is 0. The second-order valence-electron chi connectivity index (χ2n) is 2.49. The van der Waals surface area contributed by atoms with Gasteiger partial charge in [0.1, 0.15) is 18.4 Å². The average molecular weight is 149 g/mol. The summed E-state index contributed by atoms with van der Waals surface area (Å²) in [4.78, 5) is 18.2. The van der Waals surface area contributed by atoms with Crippen LogP contribution in [0.3, 0.4) is 0 Å². The Hall–Kier alpha value is -1.45. The summed E-state index contributed by atoms with van der Waals surface area (Å²) in [6, 6.07) is -0.110. The Morgan fingerprint density at radius 3 is 3.36 bits per heavy atom. The molecule has 0 aromatic carbocycles. The number of nitrogens with one attached hydrogen (secondary N) is 1. The number of hydrogen-bond acceptors (Lipinski definition) is 4. The van der Waals surface area contributed by atoms with Crippen molar-refractivity contribution < 1.29 is 4.79 Å². The van der Waals surface area contributed by atoms with Crippen molar-refractivity contribution in [2.75, 3.05) is 5.32 Å². The second-order valence-corrected chi connectivity index (χ2v) is 2.49. The van der Waals surface area contributed by atoms with Gasteiger partial charge < -0.3 is 10.1 Å². The maximum atomic E-state index is 10.4. The third-order valence-electron chi connectivity index (χ3n) is 1.71. The van der Waals surface area contributed by atoms with Crippen molar-refractivity contribution in [2.45, 2.75) is 12.5 Å². The van der Waals surface area contributed by atoms with Gasteiger partial charge >= 0.3 is 0 Å². The van der Waals surface area contributed by atoms with Crippen LogP contribution in [0.25, 0.3) is 0 Å². The van der Waals surface area contributed by atoms with Crippen molar-refractivity contribution in [2.24, 2.45) is 0 Å². The number of anilines is 1. The van der Waals surface area contributed by atoms with Gasteiger partial charge in [0.15, 0.2) is 0 Å². The van der Waals surface area contributed by atoms with Crippen LogP contribution in [-0.2, 0) is 11.2 Å². The second kappa shape index (κ2) is 2.30. The molecule has 0 aliphatic carbocycles. The zero-order valence-electron chi connectivity index (χ0n) is 5.82. The van der Waals surface area contributed by atoms with Crippen molar-refractivity contribution >= 4 is 12.1 Å². The molecule has 1 aliphatic rings. The smallest absolute Gasteiger partial charge is 0.142 e. The first-order chi connectivity index (χ1) is 5.40. The van der Waals surface area contributed by atoms with Crippen molar-refractivity contribution in [3.8, 4) is 0 Å². The Bertz CT molecular complexity index is 262. The van der Waals surface area contributed by atoms with Gasteiger partial charge in [0.05, 0.1) is 6.04 Å². The molecule has 1 unspecified atom stereocenters. The lowest BCUT2D eigenvalue weighted by Gasteiger charge is -1.98. The van der Waals surface area contributed by atoms with E-state index in [-0.39, 0.29) is 6.04 Å². The molecule has 0 radical (unpaired) electrons. The minimum absolute atomic E-state index is 0.110. The highest BCUT2D eigenvalue weighted by Crippen LogP contribution is 2.20. The van der Waals surface area contributed by atoms with E-state index in [1.54, 1.807) is 6.20 Å². The fourth-order valence-corrected chi connectivity index (χ4v) is 1.18. The summed E-state index contributed by atoms with van der Waals surface area (Å²) in [5.41, 5.74) is 1.02. The van der Waals surface area contributed by atoms with E-state index < -0.39 is 0 Å². The molecular formula is C7H7N3O. The fraction of sp³-hybridized carbons (Fsp3) is 0.286. The van der Waals surface area contributed by atoms with Gasteiger partial charge in [0.2, 0.25) is 0 Å². The van der Waals surface area contributed by atoms with Gasteiger partial charge in [0.25, 0.3) is 0 Å². The average Bonchev–Trinajstić information content (AvgIpc) is 2.46. The number of aromatic nitrogens is 2. The number of rotatable bonds is 1. The van der Waals surface area contributed by atoms with Gasteiger partial charge in [0, 0.05) is 18.2 Å². The minimum Gasteiger partial charge on any atom is -0.360 e. The lowest BCUT2D eigenvalue weighted by molar-refractivity contribution is -0.108. The third-order valence-corrected chi connectivity index (χ3v) is 1.71. The first-order valence-corrected chi connectivity index (χ1v) is 3.41. The summed E-state index contributed by atoms with van der Waals surface area (Å²) in [5, 5.41) is 2.96. The van der Waals surface area contributed by atoms with Crippen LogP contribution in [0.15, 0.2) is 12.5 Å². The number of carbonyl (C=O) groups excluding carboxylic acids is 1. The standard InChI is InChI=1S/C7H7N3O/c11-3-6-1-5-2-8-4-9-7(5)10-6/h2-4,6H,1H2,(H,8,9,10). The van der Waals surface area contributed by atoms with E-state index in [0.29, 0.717) is 6.42 Å². The molecule has 11 heavy (non-hydrogen) atoms. The lowest BCUT2D eigenvalue weighted by atomic mass is 10.2. The molecule has 1 N–H and O–H groups in total. The number of carbonyl (C=O) groups is 1. The molecule has 0 amide bonds. The number of fused-ring (bicyclic) bond motifs is 1. The summed E-state index contributed by atoms with van der Waals surface area (Å²) >= 11 is 0. The molecule has 1 aromatic heterocycles. The van der Waals surface area contributed by atoms with E-state index in [1.807, 2.05) is 0 Å². The van der Waals surface area contributed by atoms with E-state index in [1.165, 1.54) is 6.33 Å². The highest BCUT2D eigenvalue weighted by Gasteiger charge is 2.20. The Morgan fingerprint density at radius 1 is 1.73 bits per heavy atom. The van der Waals surface area contributed by atoms with E-state index in [4.69, 9.17) is 0 Å². The van der Waals surface area contributed by atoms with Gasteiger partial charge in [-0.15, -0.1) is 0 Å². The molecule has 1 aliphatic heterocycles. The Balaban J connectivity index is 2.33.